The number of halogens is 2. The smallest absolute Gasteiger partial charge is 0.220 e. The molecule has 0 radical (unpaired) electrons. The molecule has 2 aromatic carbocycles. The first-order valence-electron chi connectivity index (χ1n) is 8.90. The van der Waals surface area contributed by atoms with Crippen molar-refractivity contribution in [3.63, 3.8) is 0 Å². The van der Waals surface area contributed by atoms with E-state index in [1.54, 1.807) is 0 Å². The summed E-state index contributed by atoms with van der Waals surface area (Å²) in [6, 6.07) is 18.6. The fourth-order valence-corrected chi connectivity index (χ4v) is 2.77. The molecule has 0 fully saturated rings. The van der Waals surface area contributed by atoms with Gasteiger partial charge in [0, 0.05) is 31.2 Å². The number of anilines is 1. The number of carbonyl (C=O) groups excluding carboxylic acids is 1. The summed E-state index contributed by atoms with van der Waals surface area (Å²) < 4.78 is 0. The minimum atomic E-state index is 0. The second-order valence-corrected chi connectivity index (χ2v) is 6.59. The van der Waals surface area contributed by atoms with Gasteiger partial charge in [0.2, 0.25) is 5.91 Å². The lowest BCUT2D eigenvalue weighted by Crippen LogP contribution is -2.33. The van der Waals surface area contributed by atoms with Gasteiger partial charge in [0.15, 0.2) is 0 Å². The summed E-state index contributed by atoms with van der Waals surface area (Å²) in [5.74, 6) is 0.0844. The fourth-order valence-electron chi connectivity index (χ4n) is 2.77. The Morgan fingerprint density at radius 1 is 1.07 bits per heavy atom. The van der Waals surface area contributed by atoms with Gasteiger partial charge in [-0.25, -0.2) is 0 Å². The Kier molecular flexibility index (Phi) is 12.6. The Labute approximate surface area is 175 Å². The average molecular weight is 412 g/mol. The molecule has 4 nitrogen and oxygen atoms in total. The minimum absolute atomic E-state index is 0. The van der Waals surface area contributed by atoms with E-state index in [-0.39, 0.29) is 30.7 Å². The van der Waals surface area contributed by atoms with Crippen LogP contribution in [-0.4, -0.2) is 30.4 Å². The van der Waals surface area contributed by atoms with Gasteiger partial charge in [-0.05, 0) is 44.0 Å². The normalized spacial score (nSPS) is 11.2. The van der Waals surface area contributed by atoms with Crippen molar-refractivity contribution in [1.82, 2.24) is 10.2 Å². The van der Waals surface area contributed by atoms with Crippen LogP contribution in [0.4, 0.5) is 5.69 Å². The molecule has 0 aliphatic rings. The van der Waals surface area contributed by atoms with Crippen LogP contribution in [0.2, 0.25) is 0 Å². The summed E-state index contributed by atoms with van der Waals surface area (Å²) in [5, 5.41) is 3.02. The van der Waals surface area contributed by atoms with Crippen LogP contribution >= 0.6 is 24.8 Å². The Bertz CT molecular complexity index is 667. The highest BCUT2D eigenvalue weighted by molar-refractivity contribution is 5.85. The highest BCUT2D eigenvalue weighted by Gasteiger charge is 2.10. The first kappa shape index (κ1) is 25.2. The summed E-state index contributed by atoms with van der Waals surface area (Å²) in [6.45, 7) is 3.81. The van der Waals surface area contributed by atoms with Gasteiger partial charge in [-0.15, -0.1) is 24.8 Å². The van der Waals surface area contributed by atoms with Crippen molar-refractivity contribution in [3.05, 3.63) is 65.7 Å². The van der Waals surface area contributed by atoms with Gasteiger partial charge in [0.1, 0.15) is 0 Å². The standard InChI is InChI=1S/C21H29N3O.2ClH/c1-17(24(2)16-18-8-4-3-5-9-18)14-15-23-21(25)13-12-19-10-6-7-11-20(19)22;;/h3-11,17H,12-16,22H2,1-2H3,(H,23,25);2*1H. The summed E-state index contributed by atoms with van der Waals surface area (Å²) in [7, 11) is 2.12. The number of para-hydroxylation sites is 1. The summed E-state index contributed by atoms with van der Waals surface area (Å²) in [4.78, 5) is 14.3. The predicted octanol–water partition coefficient (Wildman–Crippen LogP) is 4.07. The molecule has 1 amide bonds. The maximum Gasteiger partial charge on any atom is 0.220 e. The molecule has 0 aliphatic carbocycles. The van der Waals surface area contributed by atoms with E-state index in [9.17, 15) is 4.79 Å². The number of nitrogens with two attached hydrogens (primary N) is 1. The largest absolute Gasteiger partial charge is 0.399 e. The molecule has 0 saturated heterocycles. The van der Waals surface area contributed by atoms with Crippen molar-refractivity contribution < 1.29 is 4.79 Å². The molecule has 2 aromatic rings. The van der Waals surface area contributed by atoms with Crippen LogP contribution in [0.5, 0.6) is 0 Å². The lowest BCUT2D eigenvalue weighted by Gasteiger charge is -2.25. The topological polar surface area (TPSA) is 58.4 Å². The van der Waals surface area contributed by atoms with Crippen molar-refractivity contribution in [2.75, 3.05) is 19.3 Å². The molecule has 1 atom stereocenters. The highest BCUT2D eigenvalue weighted by Crippen LogP contribution is 2.12. The average Bonchev–Trinajstić information content (AvgIpc) is 2.61. The molecule has 150 valence electrons. The molecule has 6 heteroatoms. The number of carbonyl (C=O) groups is 1. The summed E-state index contributed by atoms with van der Waals surface area (Å²) in [6.07, 6.45) is 2.09. The zero-order valence-electron chi connectivity index (χ0n) is 16.1. The molecule has 1 unspecified atom stereocenters. The van der Waals surface area contributed by atoms with Crippen LogP contribution in [0.3, 0.4) is 0 Å². The van der Waals surface area contributed by atoms with E-state index in [1.165, 1.54) is 5.56 Å². The second-order valence-electron chi connectivity index (χ2n) is 6.59. The minimum Gasteiger partial charge on any atom is -0.399 e. The van der Waals surface area contributed by atoms with Crippen LogP contribution < -0.4 is 11.1 Å². The number of hydrogen-bond acceptors (Lipinski definition) is 3. The molecule has 2 rings (SSSR count). The van der Waals surface area contributed by atoms with E-state index in [4.69, 9.17) is 5.73 Å². The van der Waals surface area contributed by atoms with Gasteiger partial charge < -0.3 is 11.1 Å². The third-order valence-corrected chi connectivity index (χ3v) is 4.59. The van der Waals surface area contributed by atoms with Crippen molar-refractivity contribution in [3.8, 4) is 0 Å². The van der Waals surface area contributed by atoms with Gasteiger partial charge in [-0.2, -0.15) is 0 Å². The zero-order valence-corrected chi connectivity index (χ0v) is 17.7. The maximum absolute atomic E-state index is 12.0. The van der Waals surface area contributed by atoms with Crippen molar-refractivity contribution >= 4 is 36.4 Å². The molecule has 0 spiro atoms. The van der Waals surface area contributed by atoms with Gasteiger partial charge in [-0.3, -0.25) is 9.69 Å². The molecule has 0 heterocycles. The van der Waals surface area contributed by atoms with Crippen LogP contribution in [0.15, 0.2) is 54.6 Å². The van der Waals surface area contributed by atoms with E-state index in [0.717, 1.165) is 24.2 Å². The zero-order chi connectivity index (χ0) is 18.1. The molecule has 0 aliphatic heterocycles. The number of benzene rings is 2. The molecular formula is C21H31Cl2N3O. The van der Waals surface area contributed by atoms with Crippen LogP contribution in [0.25, 0.3) is 0 Å². The van der Waals surface area contributed by atoms with E-state index in [1.807, 2.05) is 30.3 Å². The number of hydrogen-bond donors (Lipinski definition) is 2. The van der Waals surface area contributed by atoms with Gasteiger partial charge in [0.05, 0.1) is 0 Å². The summed E-state index contributed by atoms with van der Waals surface area (Å²) in [5.41, 5.74) is 9.00. The molecule has 0 saturated carbocycles. The van der Waals surface area contributed by atoms with Crippen LogP contribution in [0, 0.1) is 0 Å². The van der Waals surface area contributed by atoms with Crippen molar-refractivity contribution in [2.24, 2.45) is 0 Å². The van der Waals surface area contributed by atoms with E-state index in [0.29, 0.717) is 25.4 Å². The van der Waals surface area contributed by atoms with Gasteiger partial charge >= 0.3 is 0 Å². The highest BCUT2D eigenvalue weighted by atomic mass is 35.5. The molecule has 27 heavy (non-hydrogen) atoms. The quantitative estimate of drug-likeness (QED) is 0.611. The monoisotopic (exact) mass is 411 g/mol. The van der Waals surface area contributed by atoms with E-state index in [2.05, 4.69) is 48.5 Å². The van der Waals surface area contributed by atoms with Crippen LogP contribution in [0.1, 0.15) is 30.9 Å². The fraction of sp³-hybridized carbons (Fsp3) is 0.381. The van der Waals surface area contributed by atoms with Crippen molar-refractivity contribution in [1.29, 1.82) is 0 Å². The number of nitrogen functional groups attached to an aromatic ring is 1. The van der Waals surface area contributed by atoms with Gasteiger partial charge in [-0.1, -0.05) is 48.5 Å². The lowest BCUT2D eigenvalue weighted by molar-refractivity contribution is -0.121. The predicted molar refractivity (Wildman–Crippen MR) is 119 cm³/mol. The third kappa shape index (κ3) is 9.14. The SMILES string of the molecule is CC(CCNC(=O)CCc1ccccc1N)N(C)Cc1ccccc1.Cl.Cl. The number of rotatable bonds is 9. The lowest BCUT2D eigenvalue weighted by atomic mass is 10.1. The number of nitrogens with one attached hydrogen (secondary N) is 1. The molecular weight excluding hydrogens is 381 g/mol. The number of amides is 1. The Hall–Kier alpha value is -1.75. The molecule has 0 bridgehead atoms. The van der Waals surface area contributed by atoms with Gasteiger partial charge in [0.25, 0.3) is 0 Å². The number of nitrogens with zero attached hydrogens (tertiary/aromatic N) is 1. The van der Waals surface area contributed by atoms with Crippen molar-refractivity contribution in [2.45, 2.75) is 38.8 Å². The molecule has 3 N–H and O–H groups in total. The Morgan fingerprint density at radius 2 is 1.70 bits per heavy atom. The number of aryl methyl sites for hydroxylation is 1. The first-order chi connectivity index (χ1) is 12.1. The van der Waals surface area contributed by atoms with E-state index >= 15 is 0 Å². The molecule has 0 aromatic heterocycles. The van der Waals surface area contributed by atoms with E-state index < -0.39 is 0 Å². The summed E-state index contributed by atoms with van der Waals surface area (Å²) >= 11 is 0. The third-order valence-electron chi connectivity index (χ3n) is 4.59. The Balaban J connectivity index is 0.00000338. The maximum atomic E-state index is 12.0. The second kappa shape index (κ2) is 13.4. The Morgan fingerprint density at radius 3 is 2.37 bits per heavy atom. The first-order valence-corrected chi connectivity index (χ1v) is 8.90. The van der Waals surface area contributed by atoms with Crippen LogP contribution in [-0.2, 0) is 17.8 Å².